The molecule has 3 N–H and O–H groups in total. The Hall–Kier alpha value is -1.81. The smallest absolute Gasteiger partial charge is 0.337 e. The Labute approximate surface area is 131 Å². The highest BCUT2D eigenvalue weighted by molar-refractivity contribution is 6.04. The van der Waals surface area contributed by atoms with E-state index in [1.165, 1.54) is 5.56 Å². The number of aryl methyl sites for hydroxylation is 1. The first-order chi connectivity index (χ1) is 10.4. The highest BCUT2D eigenvalue weighted by Gasteiger charge is 2.19. The average molecular weight is 302 g/mol. The number of nitrogens with two attached hydrogens (primary N) is 1. The summed E-state index contributed by atoms with van der Waals surface area (Å²) in [5.74, 6) is -0.565. The monoisotopic (exact) mass is 302 g/mol. The van der Waals surface area contributed by atoms with Crippen molar-refractivity contribution in [3.63, 3.8) is 0 Å². The number of benzene rings is 1. The Kier molecular flexibility index (Phi) is 4.91. The molecule has 4 nitrogen and oxygen atoms in total. The van der Waals surface area contributed by atoms with E-state index in [1.807, 2.05) is 6.07 Å². The van der Waals surface area contributed by atoms with Crippen molar-refractivity contribution in [1.29, 1.82) is 0 Å². The van der Waals surface area contributed by atoms with Crippen LogP contribution < -0.4 is 5.73 Å². The zero-order chi connectivity index (χ0) is 16.4. The second-order valence-electron chi connectivity index (χ2n) is 6.47. The molecule has 2 rings (SSSR count). The molecule has 22 heavy (non-hydrogen) atoms. The Morgan fingerprint density at radius 2 is 1.95 bits per heavy atom. The lowest BCUT2D eigenvalue weighted by Gasteiger charge is -2.13. The Bertz CT molecular complexity index is 684. The van der Waals surface area contributed by atoms with Crippen LogP contribution in [0.3, 0.4) is 0 Å². The van der Waals surface area contributed by atoms with Gasteiger partial charge in [-0.3, -0.25) is 0 Å². The standard InChI is InChI=1S/C18H26N2O2/c1-11(2)14-8-15-13(6-5-7-19)10-20(12(3)4)17(15)16(9-14)18(21)22/h8-12H,5-7,19H2,1-4H3,(H,21,22). The quantitative estimate of drug-likeness (QED) is 0.849. The van der Waals surface area contributed by atoms with Gasteiger partial charge in [-0.25, -0.2) is 4.79 Å². The molecule has 0 aliphatic heterocycles. The number of aromatic carboxylic acids is 1. The third kappa shape index (κ3) is 3.02. The van der Waals surface area contributed by atoms with Crippen LogP contribution in [0.2, 0.25) is 0 Å². The number of rotatable bonds is 6. The van der Waals surface area contributed by atoms with E-state index in [0.717, 1.165) is 29.3 Å². The first kappa shape index (κ1) is 16.6. The minimum Gasteiger partial charge on any atom is -0.478 e. The molecule has 120 valence electrons. The predicted molar refractivity (Wildman–Crippen MR) is 90.7 cm³/mol. The molecule has 0 aliphatic carbocycles. The fourth-order valence-electron chi connectivity index (χ4n) is 2.88. The van der Waals surface area contributed by atoms with Gasteiger partial charge in [-0.2, -0.15) is 0 Å². The molecular weight excluding hydrogens is 276 g/mol. The Morgan fingerprint density at radius 3 is 2.45 bits per heavy atom. The van der Waals surface area contributed by atoms with E-state index in [1.54, 1.807) is 0 Å². The van der Waals surface area contributed by atoms with Crippen molar-refractivity contribution in [1.82, 2.24) is 4.57 Å². The molecule has 4 heteroatoms. The van der Waals surface area contributed by atoms with E-state index in [-0.39, 0.29) is 6.04 Å². The van der Waals surface area contributed by atoms with Gasteiger partial charge in [-0.15, -0.1) is 0 Å². The van der Waals surface area contributed by atoms with Crippen LogP contribution in [0.5, 0.6) is 0 Å². The predicted octanol–water partition coefficient (Wildman–Crippen LogP) is 3.94. The van der Waals surface area contributed by atoms with Crippen molar-refractivity contribution in [2.24, 2.45) is 5.73 Å². The number of carboxylic acid groups (broad SMARTS) is 1. The summed E-state index contributed by atoms with van der Waals surface area (Å²) >= 11 is 0. The molecule has 0 amide bonds. The lowest BCUT2D eigenvalue weighted by molar-refractivity contribution is 0.0698. The van der Waals surface area contributed by atoms with E-state index in [4.69, 9.17) is 5.73 Å². The number of carboxylic acids is 1. The van der Waals surface area contributed by atoms with Gasteiger partial charge in [0.2, 0.25) is 0 Å². The number of hydrogen-bond donors (Lipinski definition) is 2. The molecule has 0 radical (unpaired) electrons. The number of fused-ring (bicyclic) bond motifs is 1. The molecular formula is C18H26N2O2. The van der Waals surface area contributed by atoms with Crippen LogP contribution in [-0.2, 0) is 6.42 Å². The van der Waals surface area contributed by atoms with Gasteiger partial charge in [-0.1, -0.05) is 13.8 Å². The van der Waals surface area contributed by atoms with Crippen molar-refractivity contribution in [2.45, 2.75) is 52.5 Å². The topological polar surface area (TPSA) is 68.2 Å². The van der Waals surface area contributed by atoms with Gasteiger partial charge < -0.3 is 15.4 Å². The zero-order valence-electron chi connectivity index (χ0n) is 13.9. The van der Waals surface area contributed by atoms with Crippen molar-refractivity contribution < 1.29 is 9.90 Å². The molecule has 0 atom stereocenters. The van der Waals surface area contributed by atoms with Gasteiger partial charge in [0.25, 0.3) is 0 Å². The lowest BCUT2D eigenvalue weighted by atomic mass is 9.96. The number of nitrogens with zero attached hydrogens (tertiary/aromatic N) is 1. The minimum absolute atomic E-state index is 0.220. The van der Waals surface area contributed by atoms with Crippen molar-refractivity contribution >= 4 is 16.9 Å². The highest BCUT2D eigenvalue weighted by atomic mass is 16.4. The summed E-state index contributed by atoms with van der Waals surface area (Å²) in [6.07, 6.45) is 3.89. The van der Waals surface area contributed by atoms with Crippen molar-refractivity contribution in [2.75, 3.05) is 6.54 Å². The van der Waals surface area contributed by atoms with Gasteiger partial charge in [0, 0.05) is 17.6 Å². The third-order valence-corrected chi connectivity index (χ3v) is 4.13. The van der Waals surface area contributed by atoms with Crippen LogP contribution in [0.4, 0.5) is 0 Å². The molecule has 1 aromatic heterocycles. The van der Waals surface area contributed by atoms with E-state index in [9.17, 15) is 9.90 Å². The summed E-state index contributed by atoms with van der Waals surface area (Å²) in [5.41, 5.74) is 9.14. The largest absolute Gasteiger partial charge is 0.478 e. The molecule has 0 bridgehead atoms. The fraction of sp³-hybridized carbons (Fsp3) is 0.500. The summed E-state index contributed by atoms with van der Waals surface area (Å²) < 4.78 is 2.08. The Morgan fingerprint density at radius 1 is 1.27 bits per heavy atom. The van der Waals surface area contributed by atoms with Crippen LogP contribution >= 0.6 is 0 Å². The summed E-state index contributed by atoms with van der Waals surface area (Å²) in [5, 5.41) is 10.7. The molecule has 1 heterocycles. The van der Waals surface area contributed by atoms with Gasteiger partial charge >= 0.3 is 5.97 Å². The summed E-state index contributed by atoms with van der Waals surface area (Å²) in [6.45, 7) is 8.98. The molecule has 0 spiro atoms. The zero-order valence-corrected chi connectivity index (χ0v) is 13.9. The molecule has 2 aromatic rings. The third-order valence-electron chi connectivity index (χ3n) is 4.13. The molecule has 0 saturated heterocycles. The van der Waals surface area contributed by atoms with Crippen LogP contribution in [0.25, 0.3) is 10.9 Å². The molecule has 0 aliphatic rings. The number of hydrogen-bond acceptors (Lipinski definition) is 2. The number of aromatic nitrogens is 1. The maximum absolute atomic E-state index is 11.8. The van der Waals surface area contributed by atoms with Crippen molar-refractivity contribution in [3.05, 3.63) is 35.0 Å². The first-order valence-electron chi connectivity index (χ1n) is 7.97. The summed E-state index contributed by atoms with van der Waals surface area (Å²) in [4.78, 5) is 11.8. The lowest BCUT2D eigenvalue weighted by Crippen LogP contribution is -2.06. The van der Waals surface area contributed by atoms with E-state index >= 15 is 0 Å². The minimum atomic E-state index is -0.863. The van der Waals surface area contributed by atoms with Gasteiger partial charge in [0.15, 0.2) is 0 Å². The summed E-state index contributed by atoms with van der Waals surface area (Å²) in [6, 6.07) is 4.19. The maximum Gasteiger partial charge on any atom is 0.337 e. The average Bonchev–Trinajstić information content (AvgIpc) is 2.82. The van der Waals surface area contributed by atoms with E-state index < -0.39 is 5.97 Å². The highest BCUT2D eigenvalue weighted by Crippen LogP contribution is 2.32. The van der Waals surface area contributed by atoms with Crippen LogP contribution in [0, 0.1) is 0 Å². The SMILES string of the molecule is CC(C)c1cc(C(=O)O)c2c(c1)c(CCCN)cn2C(C)C. The molecule has 0 unspecified atom stereocenters. The van der Waals surface area contributed by atoms with Crippen LogP contribution in [-0.4, -0.2) is 22.2 Å². The van der Waals surface area contributed by atoms with Gasteiger partial charge in [0.1, 0.15) is 0 Å². The van der Waals surface area contributed by atoms with Gasteiger partial charge in [0.05, 0.1) is 11.1 Å². The van der Waals surface area contributed by atoms with E-state index in [2.05, 4.69) is 44.5 Å². The second kappa shape index (κ2) is 6.53. The molecule has 1 aromatic carbocycles. The van der Waals surface area contributed by atoms with Crippen LogP contribution in [0.1, 0.15) is 67.6 Å². The first-order valence-corrected chi connectivity index (χ1v) is 7.97. The fourth-order valence-corrected chi connectivity index (χ4v) is 2.88. The molecule has 0 fully saturated rings. The normalized spacial score (nSPS) is 11.8. The Balaban J connectivity index is 2.79. The number of carbonyl (C=O) groups is 1. The molecule has 0 saturated carbocycles. The van der Waals surface area contributed by atoms with Crippen LogP contribution in [0.15, 0.2) is 18.3 Å². The van der Waals surface area contributed by atoms with E-state index in [0.29, 0.717) is 18.0 Å². The summed E-state index contributed by atoms with van der Waals surface area (Å²) in [7, 11) is 0. The van der Waals surface area contributed by atoms with Gasteiger partial charge in [-0.05, 0) is 62.4 Å². The second-order valence-corrected chi connectivity index (χ2v) is 6.47. The maximum atomic E-state index is 11.8. The van der Waals surface area contributed by atoms with Crippen molar-refractivity contribution in [3.8, 4) is 0 Å².